The van der Waals surface area contributed by atoms with Crippen molar-refractivity contribution in [3.8, 4) is 0 Å². The minimum Gasteiger partial charge on any atom is -0.256 e. The summed E-state index contributed by atoms with van der Waals surface area (Å²) in [5, 5.41) is 0. The Morgan fingerprint density at radius 1 is 1.20 bits per heavy atom. The molecule has 1 aromatic carbocycles. The highest BCUT2D eigenvalue weighted by molar-refractivity contribution is 7.90. The fourth-order valence-electron chi connectivity index (χ4n) is 1.72. The first kappa shape index (κ1) is 10.4. The van der Waals surface area contributed by atoms with Gasteiger partial charge in [0.05, 0.1) is 5.69 Å². The average molecular weight is 226 g/mol. The Morgan fingerprint density at radius 2 is 1.87 bits per heavy atom. The monoisotopic (exact) mass is 226 g/mol. The van der Waals surface area contributed by atoms with Crippen LogP contribution in [0.25, 0.3) is 0 Å². The van der Waals surface area contributed by atoms with Gasteiger partial charge in [-0.25, -0.2) is 0 Å². The van der Waals surface area contributed by atoms with Crippen LogP contribution in [0.3, 0.4) is 0 Å². The second kappa shape index (κ2) is 3.50. The normalized spacial score (nSPS) is 20.8. The smallest absolute Gasteiger partial charge is 0.256 e. The lowest BCUT2D eigenvalue weighted by Gasteiger charge is -2.19. The molecule has 1 fully saturated rings. The van der Waals surface area contributed by atoms with Crippen molar-refractivity contribution in [3.05, 3.63) is 29.8 Å². The van der Waals surface area contributed by atoms with Gasteiger partial charge in [0.2, 0.25) is 0 Å². The molecule has 82 valence electrons. The third-order valence-corrected chi connectivity index (χ3v) is 4.58. The van der Waals surface area contributed by atoms with Crippen LogP contribution in [0.1, 0.15) is 5.56 Å². The van der Waals surface area contributed by atoms with E-state index in [1.807, 2.05) is 31.2 Å². The molecule has 0 N–H and O–H groups in total. The molecule has 0 atom stereocenters. The molecule has 0 saturated carbocycles. The average Bonchev–Trinajstić information content (AvgIpc) is 2.44. The van der Waals surface area contributed by atoms with E-state index in [-0.39, 0.29) is 0 Å². The number of benzene rings is 1. The maximum Gasteiger partial charge on any atom is 0.303 e. The number of hydrogen-bond donors (Lipinski definition) is 0. The third kappa shape index (κ3) is 1.61. The number of para-hydroxylation sites is 1. The SMILES string of the molecule is Cc1ccccc1N1CCN(C)S1(=O)=O. The Morgan fingerprint density at radius 3 is 2.40 bits per heavy atom. The lowest BCUT2D eigenvalue weighted by atomic mass is 10.2. The van der Waals surface area contributed by atoms with Crippen molar-refractivity contribution < 1.29 is 8.42 Å². The first-order valence-corrected chi connectivity index (χ1v) is 6.23. The Hall–Kier alpha value is -1.07. The molecule has 1 aliphatic rings. The van der Waals surface area contributed by atoms with E-state index in [1.54, 1.807) is 7.05 Å². The summed E-state index contributed by atoms with van der Waals surface area (Å²) in [7, 11) is -1.67. The Bertz CT molecular complexity index is 470. The number of hydrogen-bond acceptors (Lipinski definition) is 2. The van der Waals surface area contributed by atoms with Gasteiger partial charge < -0.3 is 0 Å². The van der Waals surface area contributed by atoms with Gasteiger partial charge in [-0.05, 0) is 18.6 Å². The van der Waals surface area contributed by atoms with Crippen LogP contribution < -0.4 is 4.31 Å². The molecule has 1 aliphatic heterocycles. The van der Waals surface area contributed by atoms with Crippen LogP contribution in [0.2, 0.25) is 0 Å². The largest absolute Gasteiger partial charge is 0.303 e. The van der Waals surface area contributed by atoms with Gasteiger partial charge in [-0.3, -0.25) is 4.31 Å². The van der Waals surface area contributed by atoms with Crippen LogP contribution in [-0.4, -0.2) is 32.9 Å². The molecule has 0 aromatic heterocycles. The number of rotatable bonds is 1. The summed E-state index contributed by atoms with van der Waals surface area (Å²) < 4.78 is 26.6. The van der Waals surface area contributed by atoms with Gasteiger partial charge in [-0.1, -0.05) is 18.2 Å². The van der Waals surface area contributed by atoms with Gasteiger partial charge in [0, 0.05) is 20.1 Å². The summed E-state index contributed by atoms with van der Waals surface area (Å²) in [6.45, 7) is 3.00. The van der Waals surface area contributed by atoms with E-state index in [9.17, 15) is 8.42 Å². The molecule has 1 heterocycles. The lowest BCUT2D eigenvalue weighted by molar-refractivity contribution is 0.511. The van der Waals surface area contributed by atoms with Crippen LogP contribution >= 0.6 is 0 Å². The Kier molecular flexibility index (Phi) is 2.44. The topological polar surface area (TPSA) is 40.6 Å². The molecular formula is C10H14N2O2S. The van der Waals surface area contributed by atoms with E-state index < -0.39 is 10.2 Å². The zero-order chi connectivity index (χ0) is 11.1. The predicted molar refractivity (Wildman–Crippen MR) is 60.1 cm³/mol. The molecular weight excluding hydrogens is 212 g/mol. The minimum absolute atomic E-state index is 0.531. The second-order valence-corrected chi connectivity index (χ2v) is 5.65. The van der Waals surface area contributed by atoms with Gasteiger partial charge in [0.15, 0.2) is 0 Å². The van der Waals surface area contributed by atoms with E-state index in [4.69, 9.17) is 0 Å². The quantitative estimate of drug-likeness (QED) is 0.716. The minimum atomic E-state index is -3.27. The van der Waals surface area contributed by atoms with E-state index in [1.165, 1.54) is 8.61 Å². The molecule has 2 rings (SSSR count). The number of likely N-dealkylation sites (N-methyl/N-ethyl adjacent to an activating group) is 1. The van der Waals surface area contributed by atoms with Gasteiger partial charge in [-0.15, -0.1) is 0 Å². The number of anilines is 1. The highest BCUT2D eigenvalue weighted by Crippen LogP contribution is 2.26. The molecule has 4 nitrogen and oxygen atoms in total. The van der Waals surface area contributed by atoms with E-state index in [0.717, 1.165) is 11.3 Å². The Labute approximate surface area is 90.3 Å². The molecule has 0 unspecified atom stereocenters. The zero-order valence-corrected chi connectivity index (χ0v) is 9.66. The van der Waals surface area contributed by atoms with Crippen molar-refractivity contribution in [1.82, 2.24) is 4.31 Å². The van der Waals surface area contributed by atoms with Crippen LogP contribution in [0.5, 0.6) is 0 Å². The summed E-state index contributed by atoms with van der Waals surface area (Å²) in [6.07, 6.45) is 0. The molecule has 0 amide bonds. The van der Waals surface area contributed by atoms with Gasteiger partial charge in [-0.2, -0.15) is 12.7 Å². The molecule has 5 heteroatoms. The van der Waals surface area contributed by atoms with E-state index in [0.29, 0.717) is 13.1 Å². The summed E-state index contributed by atoms with van der Waals surface area (Å²) >= 11 is 0. The summed E-state index contributed by atoms with van der Waals surface area (Å²) in [5.74, 6) is 0. The fraction of sp³-hybridized carbons (Fsp3) is 0.400. The van der Waals surface area contributed by atoms with E-state index in [2.05, 4.69) is 0 Å². The summed E-state index contributed by atoms with van der Waals surface area (Å²) in [4.78, 5) is 0. The molecule has 0 aliphatic carbocycles. The maximum absolute atomic E-state index is 11.9. The standard InChI is InChI=1S/C10H14N2O2S/c1-9-5-3-4-6-10(9)12-8-7-11(2)15(12,13)14/h3-6H,7-8H2,1-2H3. The van der Waals surface area contributed by atoms with Crippen molar-refractivity contribution in [2.45, 2.75) is 6.92 Å². The van der Waals surface area contributed by atoms with Crippen molar-refractivity contribution in [1.29, 1.82) is 0 Å². The first-order valence-electron chi connectivity index (χ1n) is 4.83. The number of aryl methyl sites for hydroxylation is 1. The molecule has 0 spiro atoms. The molecule has 1 saturated heterocycles. The maximum atomic E-state index is 11.9. The van der Waals surface area contributed by atoms with Crippen LogP contribution in [0, 0.1) is 6.92 Å². The second-order valence-electron chi connectivity index (χ2n) is 3.69. The van der Waals surface area contributed by atoms with Crippen LogP contribution in [0.15, 0.2) is 24.3 Å². The summed E-state index contributed by atoms with van der Waals surface area (Å²) in [5.41, 5.74) is 1.76. The van der Waals surface area contributed by atoms with Gasteiger partial charge in [0.1, 0.15) is 0 Å². The van der Waals surface area contributed by atoms with Gasteiger partial charge >= 0.3 is 10.2 Å². The molecule has 0 bridgehead atoms. The van der Waals surface area contributed by atoms with Crippen molar-refractivity contribution in [3.63, 3.8) is 0 Å². The highest BCUT2D eigenvalue weighted by atomic mass is 32.2. The van der Waals surface area contributed by atoms with Crippen LogP contribution in [-0.2, 0) is 10.2 Å². The molecule has 1 aromatic rings. The Balaban J connectivity index is 2.46. The first-order chi connectivity index (χ1) is 7.03. The highest BCUT2D eigenvalue weighted by Gasteiger charge is 2.34. The summed E-state index contributed by atoms with van der Waals surface area (Å²) in [6, 6.07) is 7.52. The van der Waals surface area contributed by atoms with Gasteiger partial charge in [0.25, 0.3) is 0 Å². The van der Waals surface area contributed by atoms with Crippen molar-refractivity contribution in [2.75, 3.05) is 24.4 Å². The van der Waals surface area contributed by atoms with E-state index >= 15 is 0 Å². The third-order valence-electron chi connectivity index (χ3n) is 2.67. The predicted octanol–water partition coefficient (Wildman–Crippen LogP) is 0.992. The van der Waals surface area contributed by atoms with Crippen molar-refractivity contribution in [2.24, 2.45) is 0 Å². The number of nitrogens with zero attached hydrogens (tertiary/aromatic N) is 2. The van der Waals surface area contributed by atoms with Crippen molar-refractivity contribution >= 4 is 15.9 Å². The lowest BCUT2D eigenvalue weighted by Crippen LogP contribution is -2.31. The fourth-order valence-corrected chi connectivity index (χ4v) is 3.13. The molecule has 15 heavy (non-hydrogen) atoms. The van der Waals surface area contributed by atoms with Crippen LogP contribution in [0.4, 0.5) is 5.69 Å². The molecule has 0 radical (unpaired) electrons. The zero-order valence-electron chi connectivity index (χ0n) is 8.84.